The van der Waals surface area contributed by atoms with E-state index in [0.29, 0.717) is 23.9 Å². The van der Waals surface area contributed by atoms with Crippen molar-refractivity contribution in [2.45, 2.75) is 70.6 Å². The van der Waals surface area contributed by atoms with Gasteiger partial charge in [-0.05, 0) is 52.5 Å². The third-order valence-corrected chi connectivity index (χ3v) is 6.08. The number of cyclic esters (lactones) is 1. The smallest absolute Gasteiger partial charge is 0.309 e. The Hall–Kier alpha value is -0.830. The molecule has 118 valence electrons. The number of fused-ring (bicyclic) bond motifs is 1. The van der Waals surface area contributed by atoms with E-state index in [-0.39, 0.29) is 18.0 Å². The Balaban J connectivity index is 1.68. The van der Waals surface area contributed by atoms with E-state index in [1.54, 1.807) is 0 Å². The summed E-state index contributed by atoms with van der Waals surface area (Å²) >= 11 is 0. The first-order valence-electron chi connectivity index (χ1n) is 8.68. The molecule has 21 heavy (non-hydrogen) atoms. The Morgan fingerprint density at radius 1 is 1.10 bits per heavy atom. The second-order valence-electron chi connectivity index (χ2n) is 7.32. The van der Waals surface area contributed by atoms with Crippen molar-refractivity contribution >= 4 is 5.97 Å². The molecule has 3 nitrogen and oxygen atoms in total. The summed E-state index contributed by atoms with van der Waals surface area (Å²) in [6, 6.07) is 1.25. The molecule has 3 rings (SSSR count). The number of hydrogen-bond donors (Lipinski definition) is 0. The van der Waals surface area contributed by atoms with Crippen LogP contribution in [0, 0.1) is 17.8 Å². The molecular weight excluding hydrogens is 262 g/mol. The minimum atomic E-state index is 0.0500. The molecule has 0 amide bonds. The molecule has 0 bridgehead atoms. The minimum Gasteiger partial charge on any atom is -0.462 e. The summed E-state index contributed by atoms with van der Waals surface area (Å²) in [7, 11) is 2.24. The van der Waals surface area contributed by atoms with Gasteiger partial charge in [-0.2, -0.15) is 0 Å². The van der Waals surface area contributed by atoms with Gasteiger partial charge in [0.2, 0.25) is 0 Å². The predicted octanol–water partition coefficient (Wildman–Crippen LogP) is 3.39. The highest BCUT2D eigenvalue weighted by Gasteiger charge is 2.47. The van der Waals surface area contributed by atoms with Crippen molar-refractivity contribution in [2.24, 2.45) is 17.8 Å². The van der Waals surface area contributed by atoms with E-state index in [0.717, 1.165) is 12.8 Å². The normalized spacial score (nSPS) is 44.8. The lowest BCUT2D eigenvalue weighted by Crippen LogP contribution is -2.41. The first kappa shape index (κ1) is 15.1. The fourth-order valence-electron chi connectivity index (χ4n) is 4.64. The second-order valence-corrected chi connectivity index (χ2v) is 7.32. The molecule has 2 heterocycles. The molecule has 1 saturated carbocycles. The SMILES string of the molecule is CC1OC(=O)C2CCCC(/C=C/[C@H]3CCC[C@H](C)N3C)C12. The van der Waals surface area contributed by atoms with Crippen LogP contribution in [0.2, 0.25) is 0 Å². The molecule has 0 spiro atoms. The number of carbonyl (C=O) groups is 1. The van der Waals surface area contributed by atoms with Crippen LogP contribution in [-0.4, -0.2) is 36.1 Å². The summed E-state index contributed by atoms with van der Waals surface area (Å²) in [5, 5.41) is 0. The molecule has 3 fully saturated rings. The molecule has 3 heteroatoms. The van der Waals surface area contributed by atoms with Gasteiger partial charge in [0.15, 0.2) is 0 Å². The Morgan fingerprint density at radius 3 is 2.67 bits per heavy atom. The zero-order valence-corrected chi connectivity index (χ0v) is 13.6. The maximum atomic E-state index is 11.9. The van der Waals surface area contributed by atoms with Crippen LogP contribution in [-0.2, 0) is 9.53 Å². The van der Waals surface area contributed by atoms with Crippen molar-refractivity contribution in [2.75, 3.05) is 7.05 Å². The molecule has 0 radical (unpaired) electrons. The number of ether oxygens (including phenoxy) is 1. The molecule has 6 atom stereocenters. The van der Waals surface area contributed by atoms with Gasteiger partial charge in [-0.25, -0.2) is 0 Å². The minimum absolute atomic E-state index is 0.0500. The van der Waals surface area contributed by atoms with Gasteiger partial charge in [-0.15, -0.1) is 0 Å². The zero-order chi connectivity index (χ0) is 15.0. The monoisotopic (exact) mass is 291 g/mol. The van der Waals surface area contributed by atoms with E-state index in [1.807, 2.05) is 0 Å². The van der Waals surface area contributed by atoms with Gasteiger partial charge in [-0.1, -0.05) is 25.0 Å². The zero-order valence-electron chi connectivity index (χ0n) is 13.6. The van der Waals surface area contributed by atoms with Crippen LogP contribution in [0.15, 0.2) is 12.2 Å². The molecule has 0 aromatic rings. The average Bonchev–Trinajstić information content (AvgIpc) is 2.76. The molecular formula is C18H29NO2. The topological polar surface area (TPSA) is 29.5 Å². The molecule has 4 unspecified atom stereocenters. The van der Waals surface area contributed by atoms with Crippen LogP contribution < -0.4 is 0 Å². The first-order chi connectivity index (χ1) is 10.1. The van der Waals surface area contributed by atoms with Crippen LogP contribution in [0.1, 0.15) is 52.4 Å². The molecule has 2 aliphatic heterocycles. The van der Waals surface area contributed by atoms with Crippen molar-refractivity contribution in [3.63, 3.8) is 0 Å². The molecule has 0 aromatic carbocycles. The third kappa shape index (κ3) is 2.90. The summed E-state index contributed by atoms with van der Waals surface area (Å²) in [5.74, 6) is 1.14. The summed E-state index contributed by atoms with van der Waals surface area (Å²) in [5.41, 5.74) is 0. The van der Waals surface area contributed by atoms with E-state index in [1.165, 1.54) is 25.7 Å². The average molecular weight is 291 g/mol. The fourth-order valence-corrected chi connectivity index (χ4v) is 4.64. The van der Waals surface area contributed by atoms with Gasteiger partial charge >= 0.3 is 5.97 Å². The number of esters is 1. The number of rotatable bonds is 2. The number of nitrogens with zero attached hydrogens (tertiary/aromatic N) is 1. The Kier molecular flexibility index (Phi) is 4.39. The van der Waals surface area contributed by atoms with Crippen molar-refractivity contribution in [3.8, 4) is 0 Å². The number of allylic oxidation sites excluding steroid dienone is 1. The predicted molar refractivity (Wildman–Crippen MR) is 83.9 cm³/mol. The lowest BCUT2D eigenvalue weighted by atomic mass is 9.71. The standard InChI is InChI=1S/C18H29NO2/c1-12-6-4-8-15(19(12)3)11-10-14-7-5-9-16-17(14)13(2)21-18(16)20/h10-17H,4-9H2,1-3H3/b11-10+/t12-,13?,14?,15+,16?,17?/m0/s1. The van der Waals surface area contributed by atoms with Gasteiger partial charge in [0.05, 0.1) is 5.92 Å². The lowest BCUT2D eigenvalue weighted by Gasteiger charge is -2.37. The second kappa shape index (κ2) is 6.12. The highest BCUT2D eigenvalue weighted by Crippen LogP contribution is 2.44. The van der Waals surface area contributed by atoms with Crippen molar-refractivity contribution in [3.05, 3.63) is 12.2 Å². The number of hydrogen-bond acceptors (Lipinski definition) is 3. The largest absolute Gasteiger partial charge is 0.462 e. The Morgan fingerprint density at radius 2 is 1.86 bits per heavy atom. The first-order valence-corrected chi connectivity index (χ1v) is 8.68. The summed E-state index contributed by atoms with van der Waals surface area (Å²) in [6.45, 7) is 4.39. The number of carbonyl (C=O) groups excluding carboxylic acids is 1. The van der Waals surface area contributed by atoms with Crippen LogP contribution in [0.5, 0.6) is 0 Å². The van der Waals surface area contributed by atoms with Crippen LogP contribution in [0.25, 0.3) is 0 Å². The highest BCUT2D eigenvalue weighted by molar-refractivity contribution is 5.75. The van der Waals surface area contributed by atoms with Crippen molar-refractivity contribution < 1.29 is 9.53 Å². The lowest BCUT2D eigenvalue weighted by molar-refractivity contribution is -0.143. The summed E-state index contributed by atoms with van der Waals surface area (Å²) in [4.78, 5) is 14.4. The number of piperidine rings is 1. The molecule has 0 aromatic heterocycles. The summed E-state index contributed by atoms with van der Waals surface area (Å²) < 4.78 is 5.49. The van der Waals surface area contributed by atoms with Crippen molar-refractivity contribution in [1.29, 1.82) is 0 Å². The van der Waals surface area contributed by atoms with Crippen molar-refractivity contribution in [1.82, 2.24) is 4.90 Å². The number of likely N-dealkylation sites (tertiary alicyclic amines) is 1. The van der Waals surface area contributed by atoms with E-state index in [2.05, 4.69) is 37.9 Å². The molecule has 2 saturated heterocycles. The van der Waals surface area contributed by atoms with Crippen LogP contribution >= 0.6 is 0 Å². The fraction of sp³-hybridized carbons (Fsp3) is 0.833. The van der Waals surface area contributed by atoms with E-state index in [4.69, 9.17) is 4.74 Å². The highest BCUT2D eigenvalue weighted by atomic mass is 16.6. The van der Waals surface area contributed by atoms with E-state index in [9.17, 15) is 4.79 Å². The van der Waals surface area contributed by atoms with E-state index >= 15 is 0 Å². The van der Waals surface area contributed by atoms with Gasteiger partial charge in [-0.3, -0.25) is 9.69 Å². The van der Waals surface area contributed by atoms with Crippen LogP contribution in [0.4, 0.5) is 0 Å². The van der Waals surface area contributed by atoms with Gasteiger partial charge < -0.3 is 4.74 Å². The van der Waals surface area contributed by atoms with Gasteiger partial charge in [0.25, 0.3) is 0 Å². The van der Waals surface area contributed by atoms with Gasteiger partial charge in [0.1, 0.15) is 6.10 Å². The summed E-state index contributed by atoms with van der Waals surface area (Å²) in [6.07, 6.45) is 12.2. The Labute approximate surface area is 128 Å². The van der Waals surface area contributed by atoms with Crippen LogP contribution in [0.3, 0.4) is 0 Å². The maximum absolute atomic E-state index is 11.9. The third-order valence-electron chi connectivity index (χ3n) is 6.08. The Bertz CT molecular complexity index is 419. The quantitative estimate of drug-likeness (QED) is 0.577. The molecule has 1 aliphatic carbocycles. The molecule has 3 aliphatic rings. The van der Waals surface area contributed by atoms with Gasteiger partial charge in [0, 0.05) is 18.0 Å². The van der Waals surface area contributed by atoms with E-state index < -0.39 is 0 Å². The number of likely N-dealkylation sites (N-methyl/N-ethyl adjacent to an activating group) is 1. The molecule has 0 N–H and O–H groups in total. The maximum Gasteiger partial charge on any atom is 0.309 e.